The number of halogens is 1. The minimum absolute atomic E-state index is 0.360. The molecule has 1 aliphatic rings. The summed E-state index contributed by atoms with van der Waals surface area (Å²) < 4.78 is 18.3. The smallest absolute Gasteiger partial charge is 0.487 e. The second kappa shape index (κ2) is 7.55. The molecule has 0 amide bonds. The van der Waals surface area contributed by atoms with Gasteiger partial charge in [-0.05, 0) is 75.8 Å². The molecule has 0 radical (unpaired) electrons. The van der Waals surface area contributed by atoms with Gasteiger partial charge in [0.1, 0.15) is 18.6 Å². The topological polar surface area (TPSA) is 44.8 Å². The lowest BCUT2D eigenvalue weighted by Crippen LogP contribution is -2.41. The average Bonchev–Trinajstić information content (AvgIpc) is 2.83. The number of aldehydes is 1. The molecule has 148 valence electrons. The van der Waals surface area contributed by atoms with Gasteiger partial charge in [-0.2, -0.15) is 0 Å². The van der Waals surface area contributed by atoms with E-state index in [1.165, 1.54) is 0 Å². The molecule has 1 fully saturated rings. The van der Waals surface area contributed by atoms with Crippen LogP contribution < -0.4 is 10.2 Å². The van der Waals surface area contributed by atoms with E-state index in [0.29, 0.717) is 22.9 Å². The zero-order valence-electron chi connectivity index (χ0n) is 17.3. The first-order valence-electron chi connectivity index (χ1n) is 9.38. The van der Waals surface area contributed by atoms with Crippen molar-refractivity contribution in [3.05, 3.63) is 57.6 Å². The van der Waals surface area contributed by atoms with Gasteiger partial charge in [0.15, 0.2) is 0 Å². The van der Waals surface area contributed by atoms with Crippen LogP contribution in [0.4, 0.5) is 0 Å². The van der Waals surface area contributed by atoms with Gasteiger partial charge in [0.05, 0.1) is 16.2 Å². The maximum Gasteiger partial charge on any atom is 0.495 e. The molecule has 0 unspecified atom stereocenters. The Hall–Kier alpha value is -1.82. The van der Waals surface area contributed by atoms with Crippen molar-refractivity contribution in [2.75, 3.05) is 0 Å². The third-order valence-corrected chi connectivity index (χ3v) is 6.12. The largest absolute Gasteiger partial charge is 0.495 e. The van der Waals surface area contributed by atoms with Gasteiger partial charge in [0.25, 0.3) is 0 Å². The molecular weight excluding hydrogens is 375 g/mol. The molecular formula is C22H26BClO4. The number of carbonyl (C=O) groups excluding carboxylic acids is 1. The molecule has 2 aromatic rings. The minimum atomic E-state index is -0.414. The quantitative estimate of drug-likeness (QED) is 0.541. The van der Waals surface area contributed by atoms with Crippen molar-refractivity contribution in [1.82, 2.24) is 0 Å². The standard InChI is InChI=1S/C22H26BClO4/c1-14-10-20(19(24)11-17(14)12-25)26-13-16-8-7-9-18(15(16)2)23-27-21(3,4)22(5,6)28-23/h7-12H,13H2,1-6H3. The fourth-order valence-corrected chi connectivity index (χ4v) is 3.38. The molecule has 1 heterocycles. The fourth-order valence-electron chi connectivity index (χ4n) is 3.15. The molecule has 0 bridgehead atoms. The summed E-state index contributed by atoms with van der Waals surface area (Å²) in [7, 11) is -0.414. The van der Waals surface area contributed by atoms with Gasteiger partial charge < -0.3 is 14.0 Å². The number of hydrogen-bond acceptors (Lipinski definition) is 4. The molecule has 28 heavy (non-hydrogen) atoms. The second-order valence-corrected chi connectivity index (χ2v) is 8.67. The maximum absolute atomic E-state index is 11.0. The van der Waals surface area contributed by atoms with Gasteiger partial charge >= 0.3 is 7.12 Å². The zero-order chi connectivity index (χ0) is 20.7. The van der Waals surface area contributed by atoms with E-state index in [2.05, 4.69) is 0 Å². The SMILES string of the molecule is Cc1cc(OCc2cccc(B3OC(C)(C)C(C)(C)O3)c2C)c(Cl)cc1C=O. The number of aryl methyl sites for hydroxylation is 1. The molecule has 0 spiro atoms. The van der Waals surface area contributed by atoms with Crippen molar-refractivity contribution in [2.45, 2.75) is 59.4 Å². The molecule has 0 aliphatic carbocycles. The first-order valence-corrected chi connectivity index (χ1v) is 9.75. The van der Waals surface area contributed by atoms with Crippen LogP contribution in [0, 0.1) is 13.8 Å². The number of ether oxygens (including phenoxy) is 1. The van der Waals surface area contributed by atoms with Crippen molar-refractivity contribution in [3.63, 3.8) is 0 Å². The Morgan fingerprint density at radius 1 is 1.11 bits per heavy atom. The summed E-state index contributed by atoms with van der Waals surface area (Å²) in [6, 6.07) is 9.45. The van der Waals surface area contributed by atoms with Gasteiger partial charge in [-0.25, -0.2) is 0 Å². The van der Waals surface area contributed by atoms with Crippen molar-refractivity contribution in [2.24, 2.45) is 0 Å². The van der Waals surface area contributed by atoms with Gasteiger partial charge in [-0.15, -0.1) is 0 Å². The summed E-state index contributed by atoms with van der Waals surface area (Å²) >= 11 is 6.26. The van der Waals surface area contributed by atoms with Gasteiger partial charge in [-0.3, -0.25) is 4.79 Å². The molecule has 6 heteroatoms. The lowest BCUT2D eigenvalue weighted by molar-refractivity contribution is 0.00578. The number of hydrogen-bond donors (Lipinski definition) is 0. The first kappa shape index (κ1) is 20.9. The summed E-state index contributed by atoms with van der Waals surface area (Å²) in [5.74, 6) is 0.560. The van der Waals surface area contributed by atoms with Crippen molar-refractivity contribution in [1.29, 1.82) is 0 Å². The fraction of sp³-hybridized carbons (Fsp3) is 0.409. The van der Waals surface area contributed by atoms with E-state index >= 15 is 0 Å². The van der Waals surface area contributed by atoms with E-state index < -0.39 is 7.12 Å². The summed E-state index contributed by atoms with van der Waals surface area (Å²) in [6.07, 6.45) is 0.795. The third-order valence-electron chi connectivity index (χ3n) is 5.83. The Bertz CT molecular complexity index is 892. The summed E-state index contributed by atoms with van der Waals surface area (Å²) in [6.45, 7) is 12.4. The normalized spacial score (nSPS) is 17.6. The number of rotatable bonds is 5. The summed E-state index contributed by atoms with van der Waals surface area (Å²) in [4.78, 5) is 11.0. The summed E-state index contributed by atoms with van der Waals surface area (Å²) in [5.41, 5.74) is 3.72. The lowest BCUT2D eigenvalue weighted by atomic mass is 9.75. The Kier molecular flexibility index (Phi) is 5.63. The van der Waals surface area contributed by atoms with Crippen LogP contribution >= 0.6 is 11.6 Å². The predicted octanol–water partition coefficient (Wildman–Crippen LogP) is 4.65. The lowest BCUT2D eigenvalue weighted by Gasteiger charge is -2.32. The van der Waals surface area contributed by atoms with Crippen LogP contribution in [-0.4, -0.2) is 24.6 Å². The number of benzene rings is 2. The van der Waals surface area contributed by atoms with Crippen molar-refractivity contribution < 1.29 is 18.8 Å². The van der Waals surface area contributed by atoms with Crippen LogP contribution in [0.5, 0.6) is 5.75 Å². The maximum atomic E-state index is 11.0. The molecule has 3 rings (SSSR count). The van der Waals surface area contributed by atoms with E-state index in [-0.39, 0.29) is 11.2 Å². The third kappa shape index (κ3) is 3.84. The molecule has 0 saturated carbocycles. The van der Waals surface area contributed by atoms with Crippen LogP contribution in [0.25, 0.3) is 0 Å². The van der Waals surface area contributed by atoms with E-state index in [1.807, 2.05) is 59.7 Å². The van der Waals surface area contributed by atoms with Crippen LogP contribution in [-0.2, 0) is 15.9 Å². The van der Waals surface area contributed by atoms with E-state index in [1.54, 1.807) is 12.1 Å². The molecule has 4 nitrogen and oxygen atoms in total. The Balaban J connectivity index is 1.81. The Morgan fingerprint density at radius 2 is 1.75 bits per heavy atom. The molecule has 0 N–H and O–H groups in total. The van der Waals surface area contributed by atoms with E-state index in [9.17, 15) is 4.79 Å². The molecule has 1 aliphatic heterocycles. The highest BCUT2D eigenvalue weighted by Crippen LogP contribution is 2.37. The summed E-state index contributed by atoms with van der Waals surface area (Å²) in [5, 5.41) is 0.424. The number of carbonyl (C=O) groups is 1. The highest BCUT2D eigenvalue weighted by Gasteiger charge is 2.52. The monoisotopic (exact) mass is 400 g/mol. The minimum Gasteiger partial charge on any atom is -0.487 e. The molecule has 2 aromatic carbocycles. The Labute approximate surface area is 172 Å². The van der Waals surface area contributed by atoms with Gasteiger partial charge in [0.2, 0.25) is 0 Å². The molecule has 0 aromatic heterocycles. The van der Waals surface area contributed by atoms with Crippen molar-refractivity contribution in [3.8, 4) is 5.75 Å². The van der Waals surface area contributed by atoms with Crippen molar-refractivity contribution >= 4 is 30.5 Å². The van der Waals surface area contributed by atoms with Crippen LogP contribution in [0.1, 0.15) is 54.7 Å². The van der Waals surface area contributed by atoms with Gasteiger partial charge in [0, 0.05) is 5.56 Å². The van der Waals surface area contributed by atoms with E-state index in [4.69, 9.17) is 25.6 Å². The predicted molar refractivity (Wildman–Crippen MR) is 113 cm³/mol. The van der Waals surface area contributed by atoms with E-state index in [0.717, 1.165) is 28.4 Å². The van der Waals surface area contributed by atoms with Crippen LogP contribution in [0.2, 0.25) is 5.02 Å². The Morgan fingerprint density at radius 3 is 2.36 bits per heavy atom. The van der Waals surface area contributed by atoms with Gasteiger partial charge in [-0.1, -0.05) is 29.8 Å². The average molecular weight is 401 g/mol. The van der Waals surface area contributed by atoms with Crippen LogP contribution in [0.15, 0.2) is 30.3 Å². The highest BCUT2D eigenvalue weighted by atomic mass is 35.5. The van der Waals surface area contributed by atoms with Crippen LogP contribution in [0.3, 0.4) is 0 Å². The second-order valence-electron chi connectivity index (χ2n) is 8.27. The zero-order valence-corrected chi connectivity index (χ0v) is 18.0. The highest BCUT2D eigenvalue weighted by molar-refractivity contribution is 6.62. The first-order chi connectivity index (χ1) is 13.1. The molecule has 0 atom stereocenters. The molecule has 1 saturated heterocycles.